The molecule has 0 aliphatic carbocycles. The molecule has 6 nitrogen and oxygen atoms in total. The third-order valence-electron chi connectivity index (χ3n) is 3.59. The lowest BCUT2D eigenvalue weighted by Gasteiger charge is -2.17. The summed E-state index contributed by atoms with van der Waals surface area (Å²) in [5, 5.41) is 17.4. The second-order valence-electron chi connectivity index (χ2n) is 5.62. The van der Waals surface area contributed by atoms with Crippen LogP contribution >= 0.6 is 0 Å². The van der Waals surface area contributed by atoms with Gasteiger partial charge in [-0.3, -0.25) is 0 Å². The van der Waals surface area contributed by atoms with Crippen molar-refractivity contribution in [2.75, 3.05) is 6.61 Å². The van der Waals surface area contributed by atoms with Crippen molar-refractivity contribution >= 4 is 10.1 Å². The molecule has 0 bridgehead atoms. The van der Waals surface area contributed by atoms with E-state index in [-0.39, 0.29) is 17.9 Å². The number of rotatable bonds is 8. The van der Waals surface area contributed by atoms with E-state index in [4.69, 9.17) is 19.4 Å². The van der Waals surface area contributed by atoms with Gasteiger partial charge in [-0.15, -0.1) is 0 Å². The molecule has 0 aliphatic heterocycles. The van der Waals surface area contributed by atoms with Crippen molar-refractivity contribution < 1.29 is 17.3 Å². The summed E-state index contributed by atoms with van der Waals surface area (Å²) in [6, 6.07) is 17.3. The van der Waals surface area contributed by atoms with E-state index < -0.39 is 16.4 Å². The third-order valence-corrected chi connectivity index (χ3v) is 4.90. The van der Waals surface area contributed by atoms with Crippen LogP contribution in [0.25, 0.3) is 0 Å². The van der Waals surface area contributed by atoms with Gasteiger partial charge in [0.05, 0.1) is 23.5 Å². The zero-order chi connectivity index (χ0) is 19.0. The lowest BCUT2D eigenvalue weighted by atomic mass is 10.1. The molecule has 2 rings (SSSR count). The fourth-order valence-corrected chi connectivity index (χ4v) is 3.22. The molecule has 0 spiro atoms. The number of nitrogens with zero attached hydrogens (tertiary/aromatic N) is 2. The van der Waals surface area contributed by atoms with E-state index >= 15 is 0 Å². The number of hydrogen-bond donors (Lipinski definition) is 0. The molecule has 2 aromatic rings. The van der Waals surface area contributed by atoms with Crippen LogP contribution in [0.4, 0.5) is 0 Å². The van der Waals surface area contributed by atoms with E-state index in [2.05, 4.69) is 6.07 Å². The summed E-state index contributed by atoms with van der Waals surface area (Å²) in [6.07, 6.45) is -0.671. The first-order valence-corrected chi connectivity index (χ1v) is 9.28. The van der Waals surface area contributed by atoms with E-state index in [1.807, 2.05) is 13.0 Å². The van der Waals surface area contributed by atoms with Crippen LogP contribution in [0.5, 0.6) is 0 Å². The molecule has 26 heavy (non-hydrogen) atoms. The van der Waals surface area contributed by atoms with Crippen LogP contribution in [0.2, 0.25) is 0 Å². The maximum atomic E-state index is 12.4. The molecular weight excluding hydrogens is 352 g/mol. The smallest absolute Gasteiger partial charge is 0.299 e. The van der Waals surface area contributed by atoms with Gasteiger partial charge in [0, 0.05) is 6.42 Å². The summed E-state index contributed by atoms with van der Waals surface area (Å²) in [7, 11) is -4.02. The van der Waals surface area contributed by atoms with Crippen LogP contribution in [-0.4, -0.2) is 21.3 Å². The fraction of sp³-hybridized carbons (Fsp3) is 0.263. The minimum atomic E-state index is -4.02. The SMILES string of the molecule is Cc1ccc(S(=O)(=O)OC(Cc2ccc(CC#N)cc2)OCC#N)cc1. The van der Waals surface area contributed by atoms with Gasteiger partial charge in [0.15, 0.2) is 6.29 Å². The molecule has 0 heterocycles. The number of hydrogen-bond acceptors (Lipinski definition) is 6. The summed E-state index contributed by atoms with van der Waals surface area (Å²) >= 11 is 0. The van der Waals surface area contributed by atoms with Crippen LogP contribution in [0.1, 0.15) is 16.7 Å². The van der Waals surface area contributed by atoms with Gasteiger partial charge in [-0.1, -0.05) is 42.0 Å². The number of nitriles is 2. The maximum Gasteiger partial charge on any atom is 0.299 e. The first-order chi connectivity index (χ1) is 12.4. The second kappa shape index (κ2) is 9.12. The summed E-state index contributed by atoms with van der Waals surface area (Å²) in [4.78, 5) is 0.0259. The summed E-state index contributed by atoms with van der Waals surface area (Å²) in [6.45, 7) is 1.56. The molecule has 0 fully saturated rings. The average molecular weight is 370 g/mol. The largest absolute Gasteiger partial charge is 0.336 e. The monoisotopic (exact) mass is 370 g/mol. The molecule has 134 valence electrons. The molecule has 2 aromatic carbocycles. The van der Waals surface area contributed by atoms with Crippen molar-refractivity contribution in [1.29, 1.82) is 10.5 Å². The Kier molecular flexibility index (Phi) is 6.88. The maximum absolute atomic E-state index is 12.4. The lowest BCUT2D eigenvalue weighted by Crippen LogP contribution is -2.24. The Bertz CT molecular complexity index is 908. The third kappa shape index (κ3) is 5.68. The number of ether oxygens (including phenoxy) is 1. The van der Waals surface area contributed by atoms with Gasteiger partial charge in [-0.25, -0.2) is 4.18 Å². The van der Waals surface area contributed by atoms with Gasteiger partial charge in [0.2, 0.25) is 0 Å². The Labute approximate surface area is 153 Å². The summed E-state index contributed by atoms with van der Waals surface area (Å²) < 4.78 is 35.3. The van der Waals surface area contributed by atoms with Crippen LogP contribution < -0.4 is 0 Å². The Morgan fingerprint density at radius 1 is 0.962 bits per heavy atom. The van der Waals surface area contributed by atoms with Crippen molar-refractivity contribution in [3.05, 3.63) is 65.2 Å². The summed E-state index contributed by atoms with van der Waals surface area (Å²) in [5.74, 6) is 0. The van der Waals surface area contributed by atoms with Gasteiger partial charge in [-0.2, -0.15) is 18.9 Å². The topological polar surface area (TPSA) is 100 Å². The molecule has 0 amide bonds. The van der Waals surface area contributed by atoms with Crippen LogP contribution in [0.3, 0.4) is 0 Å². The highest BCUT2D eigenvalue weighted by molar-refractivity contribution is 7.86. The van der Waals surface area contributed by atoms with Gasteiger partial charge in [-0.05, 0) is 30.2 Å². The molecule has 0 N–H and O–H groups in total. The Morgan fingerprint density at radius 2 is 1.58 bits per heavy atom. The molecule has 0 aromatic heterocycles. The lowest BCUT2D eigenvalue weighted by molar-refractivity contribution is -0.0621. The normalized spacial score (nSPS) is 12.1. The van der Waals surface area contributed by atoms with Crippen LogP contribution in [0, 0.1) is 29.6 Å². The van der Waals surface area contributed by atoms with Gasteiger partial charge in [0.25, 0.3) is 10.1 Å². The highest BCUT2D eigenvalue weighted by Gasteiger charge is 2.23. The predicted octanol–water partition coefficient (Wildman–Crippen LogP) is 2.88. The Hall–Kier alpha value is -2.71. The first-order valence-electron chi connectivity index (χ1n) is 7.88. The molecule has 0 saturated carbocycles. The van der Waals surface area contributed by atoms with E-state index in [0.717, 1.165) is 16.7 Å². The van der Waals surface area contributed by atoms with Crippen molar-refractivity contribution in [3.8, 4) is 12.1 Å². The molecular formula is C19H18N2O4S. The van der Waals surface area contributed by atoms with Crippen LogP contribution in [0.15, 0.2) is 53.4 Å². The molecule has 1 unspecified atom stereocenters. The Morgan fingerprint density at radius 3 is 2.15 bits per heavy atom. The first kappa shape index (κ1) is 19.6. The average Bonchev–Trinajstić information content (AvgIpc) is 2.61. The summed E-state index contributed by atoms with van der Waals surface area (Å²) in [5.41, 5.74) is 2.56. The van der Waals surface area contributed by atoms with E-state index in [9.17, 15) is 8.42 Å². The molecule has 0 radical (unpaired) electrons. The highest BCUT2D eigenvalue weighted by atomic mass is 32.2. The fourth-order valence-electron chi connectivity index (χ4n) is 2.23. The molecule has 7 heteroatoms. The molecule has 1 atom stereocenters. The van der Waals surface area contributed by atoms with Gasteiger partial charge >= 0.3 is 0 Å². The zero-order valence-corrected chi connectivity index (χ0v) is 15.1. The minimum absolute atomic E-state index is 0.0259. The minimum Gasteiger partial charge on any atom is -0.336 e. The molecule has 0 aliphatic rings. The van der Waals surface area contributed by atoms with Gasteiger partial charge < -0.3 is 4.74 Å². The van der Waals surface area contributed by atoms with E-state index in [0.29, 0.717) is 6.42 Å². The van der Waals surface area contributed by atoms with Crippen molar-refractivity contribution in [2.24, 2.45) is 0 Å². The van der Waals surface area contributed by atoms with E-state index in [1.54, 1.807) is 36.4 Å². The highest BCUT2D eigenvalue weighted by Crippen LogP contribution is 2.18. The van der Waals surface area contributed by atoms with Crippen LogP contribution in [-0.2, 0) is 31.9 Å². The standard InChI is InChI=1S/C19H18N2O4S/c1-15-2-8-18(9-3-15)26(22,23)25-19(24-13-12-21)14-17-6-4-16(5-7-17)10-11-20/h2-9,19H,10,13-14H2,1H3. The Balaban J connectivity index is 2.14. The number of benzene rings is 2. The second-order valence-corrected chi connectivity index (χ2v) is 7.19. The van der Waals surface area contributed by atoms with Gasteiger partial charge in [0.1, 0.15) is 6.61 Å². The zero-order valence-electron chi connectivity index (χ0n) is 14.3. The van der Waals surface area contributed by atoms with Crippen molar-refractivity contribution in [3.63, 3.8) is 0 Å². The van der Waals surface area contributed by atoms with E-state index in [1.165, 1.54) is 12.1 Å². The molecule has 0 saturated heterocycles. The predicted molar refractivity (Wildman–Crippen MR) is 94.3 cm³/mol. The van der Waals surface area contributed by atoms with Crippen molar-refractivity contribution in [1.82, 2.24) is 0 Å². The van der Waals surface area contributed by atoms with Crippen molar-refractivity contribution in [2.45, 2.75) is 31.0 Å². The number of aryl methyl sites for hydroxylation is 1. The quantitative estimate of drug-likeness (QED) is 0.523.